The highest BCUT2D eigenvalue weighted by molar-refractivity contribution is 9.10. The first kappa shape index (κ1) is 20.6. The molecule has 1 heterocycles. The number of aromatic nitrogens is 1. The lowest BCUT2D eigenvalue weighted by molar-refractivity contribution is 0.143. The van der Waals surface area contributed by atoms with Gasteiger partial charge >= 0.3 is 0 Å². The Morgan fingerprint density at radius 3 is 2.71 bits per heavy atom. The molecule has 0 spiro atoms. The van der Waals surface area contributed by atoms with Crippen LogP contribution in [0.25, 0.3) is 0 Å². The number of benzene rings is 1. The SMILES string of the molecule is CN=C(NCc1ccc(OCCOC)nc1)NCC1(c2cccc(Br)c2)CC1. The van der Waals surface area contributed by atoms with E-state index < -0.39 is 0 Å². The lowest BCUT2D eigenvalue weighted by Crippen LogP contribution is -2.40. The summed E-state index contributed by atoms with van der Waals surface area (Å²) in [6, 6.07) is 12.5. The fourth-order valence-electron chi connectivity index (χ4n) is 3.03. The highest BCUT2D eigenvalue weighted by atomic mass is 79.9. The van der Waals surface area contributed by atoms with Crippen molar-refractivity contribution in [1.82, 2.24) is 15.6 Å². The first-order valence-corrected chi connectivity index (χ1v) is 10.2. The number of halogens is 1. The molecule has 1 saturated carbocycles. The molecular weight excluding hydrogens is 420 g/mol. The topological polar surface area (TPSA) is 67.8 Å². The van der Waals surface area contributed by atoms with Crippen LogP contribution in [0.5, 0.6) is 5.88 Å². The number of hydrogen-bond donors (Lipinski definition) is 2. The second-order valence-corrected chi connectivity index (χ2v) is 7.83. The number of aliphatic imine (C=N–C) groups is 1. The largest absolute Gasteiger partial charge is 0.475 e. The molecule has 28 heavy (non-hydrogen) atoms. The zero-order valence-electron chi connectivity index (χ0n) is 16.4. The summed E-state index contributed by atoms with van der Waals surface area (Å²) in [6.45, 7) is 2.56. The van der Waals surface area contributed by atoms with E-state index in [1.165, 1.54) is 18.4 Å². The summed E-state index contributed by atoms with van der Waals surface area (Å²) in [5, 5.41) is 6.82. The molecule has 6 nitrogen and oxygen atoms in total. The van der Waals surface area contributed by atoms with Gasteiger partial charge in [-0.3, -0.25) is 4.99 Å². The van der Waals surface area contributed by atoms with Crippen LogP contribution in [0, 0.1) is 0 Å². The summed E-state index contributed by atoms with van der Waals surface area (Å²) in [6.07, 6.45) is 4.20. The monoisotopic (exact) mass is 446 g/mol. The van der Waals surface area contributed by atoms with Crippen LogP contribution in [0.15, 0.2) is 52.1 Å². The van der Waals surface area contributed by atoms with Gasteiger partial charge in [-0.2, -0.15) is 0 Å². The van der Waals surface area contributed by atoms with Gasteiger partial charge in [0.1, 0.15) is 6.61 Å². The summed E-state index contributed by atoms with van der Waals surface area (Å²) in [5.74, 6) is 1.40. The average molecular weight is 447 g/mol. The molecule has 0 saturated heterocycles. The van der Waals surface area contributed by atoms with Gasteiger partial charge < -0.3 is 20.1 Å². The number of methoxy groups -OCH3 is 1. The summed E-state index contributed by atoms with van der Waals surface area (Å²) in [5.41, 5.74) is 2.65. The molecule has 1 aliphatic carbocycles. The standard InChI is InChI=1S/C21H27BrN4O2/c1-23-20(25-14-16-6-7-19(24-13-16)28-11-10-27-2)26-15-21(8-9-21)17-4-3-5-18(22)12-17/h3-7,12-13H,8-11,14-15H2,1-2H3,(H2,23,25,26). The van der Waals surface area contributed by atoms with Crippen LogP contribution in [0.1, 0.15) is 24.0 Å². The van der Waals surface area contributed by atoms with E-state index in [0.717, 1.165) is 22.5 Å². The Morgan fingerprint density at radius 1 is 1.21 bits per heavy atom. The van der Waals surface area contributed by atoms with Gasteiger partial charge in [-0.05, 0) is 36.1 Å². The van der Waals surface area contributed by atoms with E-state index in [0.29, 0.717) is 25.6 Å². The summed E-state index contributed by atoms with van der Waals surface area (Å²) in [7, 11) is 3.44. The maximum Gasteiger partial charge on any atom is 0.213 e. The predicted octanol–water partition coefficient (Wildman–Crippen LogP) is 3.27. The van der Waals surface area contributed by atoms with Crippen molar-refractivity contribution < 1.29 is 9.47 Å². The Morgan fingerprint density at radius 2 is 2.07 bits per heavy atom. The fourth-order valence-corrected chi connectivity index (χ4v) is 3.43. The van der Waals surface area contributed by atoms with Gasteiger partial charge in [0.05, 0.1) is 6.61 Å². The van der Waals surface area contributed by atoms with Crippen molar-refractivity contribution in [2.75, 3.05) is 33.9 Å². The first-order chi connectivity index (χ1) is 13.6. The Kier molecular flexibility index (Phi) is 7.28. The highest BCUT2D eigenvalue weighted by Crippen LogP contribution is 2.48. The van der Waals surface area contributed by atoms with Crippen molar-refractivity contribution >= 4 is 21.9 Å². The normalized spacial score (nSPS) is 15.2. The van der Waals surface area contributed by atoms with Crippen molar-refractivity contribution in [3.05, 3.63) is 58.2 Å². The summed E-state index contributed by atoms with van der Waals surface area (Å²) in [4.78, 5) is 8.65. The Balaban J connectivity index is 1.47. The average Bonchev–Trinajstić information content (AvgIpc) is 3.51. The number of hydrogen-bond acceptors (Lipinski definition) is 4. The number of ether oxygens (including phenoxy) is 2. The maximum absolute atomic E-state index is 5.49. The molecule has 3 rings (SSSR count). The minimum absolute atomic E-state index is 0.212. The predicted molar refractivity (Wildman–Crippen MR) is 115 cm³/mol. The maximum atomic E-state index is 5.49. The van der Waals surface area contributed by atoms with Crippen LogP contribution in [0.2, 0.25) is 0 Å². The number of guanidine groups is 1. The quantitative estimate of drug-likeness (QED) is 0.351. The van der Waals surface area contributed by atoms with Crippen molar-refractivity contribution in [1.29, 1.82) is 0 Å². The van der Waals surface area contributed by atoms with E-state index >= 15 is 0 Å². The smallest absolute Gasteiger partial charge is 0.213 e. The molecule has 0 radical (unpaired) electrons. The highest BCUT2D eigenvalue weighted by Gasteiger charge is 2.44. The van der Waals surface area contributed by atoms with E-state index in [9.17, 15) is 0 Å². The van der Waals surface area contributed by atoms with Gasteiger partial charge in [-0.15, -0.1) is 0 Å². The molecule has 1 aromatic carbocycles. The van der Waals surface area contributed by atoms with E-state index in [4.69, 9.17) is 9.47 Å². The van der Waals surface area contributed by atoms with E-state index in [1.54, 1.807) is 14.2 Å². The van der Waals surface area contributed by atoms with E-state index in [-0.39, 0.29) is 5.41 Å². The van der Waals surface area contributed by atoms with Gasteiger partial charge in [0.15, 0.2) is 5.96 Å². The van der Waals surface area contributed by atoms with Crippen LogP contribution >= 0.6 is 15.9 Å². The summed E-state index contributed by atoms with van der Waals surface area (Å²) >= 11 is 3.57. The third-order valence-corrected chi connectivity index (χ3v) is 5.40. The Bertz CT molecular complexity index is 791. The first-order valence-electron chi connectivity index (χ1n) is 9.42. The third-order valence-electron chi connectivity index (χ3n) is 4.90. The molecule has 0 unspecified atom stereocenters. The van der Waals surface area contributed by atoms with Crippen molar-refractivity contribution in [2.45, 2.75) is 24.8 Å². The van der Waals surface area contributed by atoms with Gasteiger partial charge in [-0.1, -0.05) is 34.1 Å². The van der Waals surface area contributed by atoms with Crippen molar-refractivity contribution in [3.8, 4) is 5.88 Å². The summed E-state index contributed by atoms with van der Waals surface area (Å²) < 4.78 is 11.6. The van der Waals surface area contributed by atoms with Crippen LogP contribution in [-0.4, -0.2) is 44.9 Å². The molecule has 1 aliphatic rings. The number of nitrogens with zero attached hydrogens (tertiary/aromatic N) is 2. The van der Waals surface area contributed by atoms with Crippen LogP contribution < -0.4 is 15.4 Å². The van der Waals surface area contributed by atoms with Crippen LogP contribution in [0.4, 0.5) is 0 Å². The van der Waals surface area contributed by atoms with Gasteiger partial charge in [-0.25, -0.2) is 4.98 Å². The molecule has 1 aromatic heterocycles. The van der Waals surface area contributed by atoms with Crippen LogP contribution in [0.3, 0.4) is 0 Å². The molecule has 2 N–H and O–H groups in total. The number of pyridine rings is 1. The zero-order chi connectivity index (χ0) is 19.8. The number of nitrogens with one attached hydrogen (secondary N) is 2. The van der Waals surface area contributed by atoms with Gasteiger partial charge in [0.2, 0.25) is 5.88 Å². The molecule has 0 aliphatic heterocycles. The second-order valence-electron chi connectivity index (χ2n) is 6.92. The molecule has 0 atom stereocenters. The van der Waals surface area contributed by atoms with E-state index in [1.807, 2.05) is 18.3 Å². The molecule has 7 heteroatoms. The molecular formula is C21H27BrN4O2. The zero-order valence-corrected chi connectivity index (χ0v) is 18.0. The van der Waals surface area contributed by atoms with Crippen molar-refractivity contribution in [3.63, 3.8) is 0 Å². The van der Waals surface area contributed by atoms with Gasteiger partial charge in [0.25, 0.3) is 0 Å². The number of rotatable bonds is 9. The van der Waals surface area contributed by atoms with Crippen LogP contribution in [-0.2, 0) is 16.7 Å². The Hall–Kier alpha value is -2.12. The lowest BCUT2D eigenvalue weighted by Gasteiger charge is -2.19. The third kappa shape index (κ3) is 5.69. The Labute approximate surface area is 174 Å². The molecule has 2 aromatic rings. The lowest BCUT2D eigenvalue weighted by atomic mass is 9.96. The molecule has 0 bridgehead atoms. The fraction of sp³-hybridized carbons (Fsp3) is 0.429. The minimum Gasteiger partial charge on any atom is -0.475 e. The molecule has 1 fully saturated rings. The van der Waals surface area contributed by atoms with E-state index in [2.05, 4.69) is 60.8 Å². The molecule has 0 amide bonds. The minimum atomic E-state index is 0.212. The second kappa shape index (κ2) is 9.89. The van der Waals surface area contributed by atoms with Crippen molar-refractivity contribution in [2.24, 2.45) is 4.99 Å². The van der Waals surface area contributed by atoms with Gasteiger partial charge in [0, 0.05) is 49.4 Å². The molecule has 150 valence electrons.